The highest BCUT2D eigenvalue weighted by molar-refractivity contribution is 8.14. The van der Waals surface area contributed by atoms with Gasteiger partial charge in [-0.15, -0.1) is 0 Å². The van der Waals surface area contributed by atoms with Crippen molar-refractivity contribution in [2.24, 2.45) is 10.7 Å². The Kier molecular flexibility index (Phi) is 1.58. The Morgan fingerprint density at radius 3 is 2.88 bits per heavy atom. The Morgan fingerprint density at radius 2 is 2.62 bits per heavy atom. The van der Waals surface area contributed by atoms with Crippen molar-refractivity contribution in [2.75, 3.05) is 5.75 Å². The van der Waals surface area contributed by atoms with Crippen LogP contribution in [0.3, 0.4) is 0 Å². The van der Waals surface area contributed by atoms with E-state index in [2.05, 4.69) is 4.99 Å². The van der Waals surface area contributed by atoms with Gasteiger partial charge in [-0.25, -0.2) is 4.99 Å². The van der Waals surface area contributed by atoms with E-state index in [-0.39, 0.29) is 0 Å². The molecule has 0 aliphatic carbocycles. The Labute approximate surface area is 52.9 Å². The summed E-state index contributed by atoms with van der Waals surface area (Å²) in [5.74, 6) is 0.947. The quantitative estimate of drug-likeness (QED) is 0.527. The molecule has 3 heteroatoms. The van der Waals surface area contributed by atoms with Gasteiger partial charge in [0, 0.05) is 11.4 Å². The third-order valence-corrected chi connectivity index (χ3v) is 1.78. The van der Waals surface area contributed by atoms with E-state index in [0.29, 0.717) is 5.17 Å². The molecule has 0 unspecified atom stereocenters. The standard InChI is InChI=1S/C5H8N2S/c1-2-4-3-8-5(6)7-4/h2H,3H2,1H3,(H2,6,7). The lowest BCUT2D eigenvalue weighted by atomic mass is 10.5. The molecule has 0 radical (unpaired) electrons. The van der Waals surface area contributed by atoms with Gasteiger partial charge in [-0.2, -0.15) is 0 Å². The molecule has 44 valence electrons. The highest BCUT2D eigenvalue weighted by Gasteiger charge is 2.05. The smallest absolute Gasteiger partial charge is 0.159 e. The molecular weight excluding hydrogens is 120 g/mol. The van der Waals surface area contributed by atoms with Gasteiger partial charge in [0.25, 0.3) is 0 Å². The molecule has 0 aromatic heterocycles. The van der Waals surface area contributed by atoms with Crippen molar-refractivity contribution < 1.29 is 0 Å². The minimum absolute atomic E-state index is 0.693. The number of thioether (sulfide) groups is 1. The number of rotatable bonds is 0. The third-order valence-electron chi connectivity index (χ3n) is 0.955. The molecule has 0 amide bonds. The fraction of sp³-hybridized carbons (Fsp3) is 0.400. The number of nitrogens with two attached hydrogens (primary N) is 1. The van der Waals surface area contributed by atoms with Crippen LogP contribution >= 0.6 is 11.8 Å². The second-order valence-electron chi connectivity index (χ2n) is 1.52. The molecule has 0 aromatic carbocycles. The summed E-state index contributed by atoms with van der Waals surface area (Å²) >= 11 is 1.59. The van der Waals surface area contributed by atoms with Crippen molar-refractivity contribution >= 4 is 16.9 Å². The van der Waals surface area contributed by atoms with E-state index in [1.807, 2.05) is 13.0 Å². The molecule has 0 saturated heterocycles. The summed E-state index contributed by atoms with van der Waals surface area (Å²) in [6, 6.07) is 0. The number of amidine groups is 1. The fourth-order valence-electron chi connectivity index (χ4n) is 0.502. The first-order valence-corrected chi connectivity index (χ1v) is 3.43. The highest BCUT2D eigenvalue weighted by Crippen LogP contribution is 2.16. The number of nitrogens with zero attached hydrogens (tertiary/aromatic N) is 1. The van der Waals surface area contributed by atoms with Crippen LogP contribution < -0.4 is 5.73 Å². The lowest BCUT2D eigenvalue weighted by molar-refractivity contribution is 1.32. The van der Waals surface area contributed by atoms with Crippen LogP contribution in [0.5, 0.6) is 0 Å². The second kappa shape index (κ2) is 2.22. The summed E-state index contributed by atoms with van der Waals surface area (Å²) in [6.45, 7) is 1.97. The topological polar surface area (TPSA) is 38.4 Å². The average Bonchev–Trinajstić information content (AvgIpc) is 2.14. The average molecular weight is 128 g/mol. The van der Waals surface area contributed by atoms with Gasteiger partial charge in [0.2, 0.25) is 0 Å². The third kappa shape index (κ3) is 1.04. The van der Waals surface area contributed by atoms with E-state index in [0.717, 1.165) is 11.4 Å². The van der Waals surface area contributed by atoms with Gasteiger partial charge in [0.1, 0.15) is 0 Å². The highest BCUT2D eigenvalue weighted by atomic mass is 32.2. The Hall–Kier alpha value is -0.440. The molecule has 2 N–H and O–H groups in total. The van der Waals surface area contributed by atoms with Gasteiger partial charge in [-0.1, -0.05) is 17.8 Å². The van der Waals surface area contributed by atoms with E-state index in [4.69, 9.17) is 5.73 Å². The first-order chi connectivity index (χ1) is 3.83. The zero-order valence-electron chi connectivity index (χ0n) is 4.72. The summed E-state index contributed by atoms with van der Waals surface area (Å²) in [4.78, 5) is 4.03. The van der Waals surface area contributed by atoms with Crippen LogP contribution in [0.4, 0.5) is 0 Å². The fourth-order valence-corrected chi connectivity index (χ4v) is 1.21. The molecule has 0 fully saturated rings. The van der Waals surface area contributed by atoms with Crippen LogP contribution in [-0.4, -0.2) is 10.9 Å². The second-order valence-corrected chi connectivity index (χ2v) is 2.51. The summed E-state index contributed by atoms with van der Waals surface area (Å²) in [5.41, 5.74) is 6.46. The van der Waals surface area contributed by atoms with Crippen LogP contribution in [-0.2, 0) is 0 Å². The molecule has 1 rings (SSSR count). The molecule has 0 aromatic rings. The van der Waals surface area contributed by atoms with Crippen molar-refractivity contribution in [3.63, 3.8) is 0 Å². The minimum atomic E-state index is 0.693. The largest absolute Gasteiger partial charge is 0.378 e. The van der Waals surface area contributed by atoms with Gasteiger partial charge in [0.15, 0.2) is 5.17 Å². The molecule has 2 nitrogen and oxygen atoms in total. The number of hydrogen-bond acceptors (Lipinski definition) is 3. The molecular formula is C5H8N2S. The molecule has 1 aliphatic heterocycles. The van der Waals surface area contributed by atoms with Crippen LogP contribution in [0.2, 0.25) is 0 Å². The predicted molar refractivity (Wildman–Crippen MR) is 37.8 cm³/mol. The molecule has 1 aliphatic rings. The van der Waals surface area contributed by atoms with Crippen LogP contribution in [0.1, 0.15) is 6.92 Å². The van der Waals surface area contributed by atoms with Crippen LogP contribution in [0.25, 0.3) is 0 Å². The summed E-state index contributed by atoms with van der Waals surface area (Å²) in [7, 11) is 0. The molecule has 0 bridgehead atoms. The normalized spacial score (nSPS) is 24.1. The lowest BCUT2D eigenvalue weighted by Gasteiger charge is -1.80. The monoisotopic (exact) mass is 128 g/mol. The summed E-state index contributed by atoms with van der Waals surface area (Å²) < 4.78 is 0. The van der Waals surface area contributed by atoms with Crippen molar-refractivity contribution in [1.29, 1.82) is 0 Å². The predicted octanol–water partition coefficient (Wildman–Crippen LogP) is 0.952. The van der Waals surface area contributed by atoms with Gasteiger partial charge >= 0.3 is 0 Å². The van der Waals surface area contributed by atoms with Crippen molar-refractivity contribution in [1.82, 2.24) is 0 Å². The van der Waals surface area contributed by atoms with Gasteiger partial charge in [-0.05, 0) is 6.92 Å². The molecule has 1 heterocycles. The van der Waals surface area contributed by atoms with Crippen molar-refractivity contribution in [3.8, 4) is 0 Å². The van der Waals surface area contributed by atoms with Gasteiger partial charge in [0.05, 0.1) is 0 Å². The van der Waals surface area contributed by atoms with E-state index in [1.165, 1.54) is 0 Å². The SMILES string of the molecule is CC=C1CSC(N)=N1. The first-order valence-electron chi connectivity index (χ1n) is 2.45. The molecule has 0 spiro atoms. The van der Waals surface area contributed by atoms with Gasteiger partial charge in [-0.3, -0.25) is 0 Å². The Bertz CT molecular complexity index is 149. The van der Waals surface area contributed by atoms with Crippen molar-refractivity contribution in [2.45, 2.75) is 6.92 Å². The maximum atomic E-state index is 5.37. The number of hydrogen-bond donors (Lipinski definition) is 1. The zero-order chi connectivity index (χ0) is 5.98. The summed E-state index contributed by atoms with van der Waals surface area (Å²) in [5, 5.41) is 0.693. The van der Waals surface area contributed by atoms with E-state index in [1.54, 1.807) is 11.8 Å². The number of allylic oxidation sites excluding steroid dienone is 1. The van der Waals surface area contributed by atoms with E-state index >= 15 is 0 Å². The van der Waals surface area contributed by atoms with E-state index in [9.17, 15) is 0 Å². The van der Waals surface area contributed by atoms with Crippen molar-refractivity contribution in [3.05, 3.63) is 11.8 Å². The van der Waals surface area contributed by atoms with Gasteiger partial charge < -0.3 is 5.73 Å². The summed E-state index contributed by atoms with van der Waals surface area (Å²) in [6.07, 6.45) is 1.98. The molecule has 8 heavy (non-hydrogen) atoms. The Balaban J connectivity index is 2.67. The van der Waals surface area contributed by atoms with Crippen LogP contribution in [0, 0.1) is 0 Å². The molecule has 0 atom stereocenters. The lowest BCUT2D eigenvalue weighted by Crippen LogP contribution is -2.00. The first kappa shape index (κ1) is 5.69. The van der Waals surface area contributed by atoms with Crippen LogP contribution in [0.15, 0.2) is 16.8 Å². The minimum Gasteiger partial charge on any atom is -0.378 e. The zero-order valence-corrected chi connectivity index (χ0v) is 5.53. The molecule has 0 saturated carbocycles. The van der Waals surface area contributed by atoms with E-state index < -0.39 is 0 Å². The number of aliphatic imine (C=N–C) groups is 1. The Morgan fingerprint density at radius 1 is 1.88 bits per heavy atom. The maximum Gasteiger partial charge on any atom is 0.159 e. The maximum absolute atomic E-state index is 5.37.